The fraction of sp³-hybridized carbons (Fsp3) is 1.00. The molecule has 0 radical (unpaired) electrons. The molecule has 0 saturated heterocycles. The van der Waals surface area contributed by atoms with Crippen LogP contribution in [0.5, 0.6) is 0 Å². The molecule has 0 aromatic heterocycles. The standard InChI is InChI=1S/C18H35N/c1-17(2,3)15-9-7-13(8-10-15)16-11-14(16)12-19-18(4,5)6/h13-16,19H,7-12H2,1-6H3. The van der Waals surface area contributed by atoms with Crippen molar-refractivity contribution in [3.05, 3.63) is 0 Å². The first kappa shape index (κ1) is 15.4. The third kappa shape index (κ3) is 4.48. The molecule has 2 aliphatic carbocycles. The predicted molar refractivity (Wildman–Crippen MR) is 84.3 cm³/mol. The quantitative estimate of drug-likeness (QED) is 0.768. The summed E-state index contributed by atoms with van der Waals surface area (Å²) in [6.07, 6.45) is 7.44. The number of hydrogen-bond acceptors (Lipinski definition) is 1. The average molecular weight is 265 g/mol. The van der Waals surface area contributed by atoms with Crippen LogP contribution in [0, 0.1) is 29.1 Å². The van der Waals surface area contributed by atoms with Gasteiger partial charge in [-0.1, -0.05) is 20.8 Å². The molecule has 2 atom stereocenters. The van der Waals surface area contributed by atoms with Gasteiger partial charge in [-0.3, -0.25) is 0 Å². The Morgan fingerprint density at radius 3 is 1.95 bits per heavy atom. The van der Waals surface area contributed by atoms with Gasteiger partial charge in [0.25, 0.3) is 0 Å². The van der Waals surface area contributed by atoms with Gasteiger partial charge in [0.15, 0.2) is 0 Å². The summed E-state index contributed by atoms with van der Waals surface area (Å²) in [5.74, 6) is 4.05. The SMILES string of the molecule is CC(C)(C)NCC1CC1C1CCC(C(C)(C)C)CC1. The zero-order chi connectivity index (χ0) is 14.3. The topological polar surface area (TPSA) is 12.0 Å². The van der Waals surface area contributed by atoms with Gasteiger partial charge in [0, 0.05) is 5.54 Å². The second-order valence-electron chi connectivity index (χ2n) is 9.27. The molecule has 0 heterocycles. The molecular weight excluding hydrogens is 230 g/mol. The first-order valence-electron chi connectivity index (χ1n) is 8.42. The van der Waals surface area contributed by atoms with Gasteiger partial charge in [0.2, 0.25) is 0 Å². The van der Waals surface area contributed by atoms with Crippen LogP contribution in [0.2, 0.25) is 0 Å². The maximum atomic E-state index is 3.69. The highest BCUT2D eigenvalue weighted by atomic mass is 15.0. The average Bonchev–Trinajstić information content (AvgIpc) is 3.04. The van der Waals surface area contributed by atoms with Gasteiger partial charge in [0.1, 0.15) is 0 Å². The molecule has 2 fully saturated rings. The van der Waals surface area contributed by atoms with Gasteiger partial charge >= 0.3 is 0 Å². The van der Waals surface area contributed by atoms with E-state index in [-0.39, 0.29) is 5.54 Å². The highest BCUT2D eigenvalue weighted by molar-refractivity contribution is 4.95. The molecule has 0 spiro atoms. The summed E-state index contributed by atoms with van der Waals surface area (Å²) in [4.78, 5) is 0. The normalized spacial score (nSPS) is 36.3. The molecule has 2 unspecified atom stereocenters. The minimum absolute atomic E-state index is 0.289. The van der Waals surface area contributed by atoms with Crippen LogP contribution in [0.3, 0.4) is 0 Å². The van der Waals surface area contributed by atoms with Crippen LogP contribution in [0.1, 0.15) is 73.6 Å². The van der Waals surface area contributed by atoms with Gasteiger partial charge in [-0.2, -0.15) is 0 Å². The largest absolute Gasteiger partial charge is 0.312 e. The van der Waals surface area contributed by atoms with Crippen LogP contribution in [0.25, 0.3) is 0 Å². The van der Waals surface area contributed by atoms with Crippen molar-refractivity contribution in [1.82, 2.24) is 5.32 Å². The summed E-state index contributed by atoms with van der Waals surface area (Å²) < 4.78 is 0. The molecule has 2 rings (SSSR count). The van der Waals surface area contributed by atoms with Crippen LogP contribution in [0.15, 0.2) is 0 Å². The maximum absolute atomic E-state index is 3.69. The summed E-state index contributed by atoms with van der Waals surface area (Å²) in [5.41, 5.74) is 0.818. The molecule has 0 aromatic carbocycles. The predicted octanol–water partition coefficient (Wildman–Crippen LogP) is 4.86. The Labute approximate surface area is 120 Å². The minimum Gasteiger partial charge on any atom is -0.312 e. The Hall–Kier alpha value is -0.0400. The van der Waals surface area contributed by atoms with E-state index < -0.39 is 0 Å². The molecule has 1 nitrogen and oxygen atoms in total. The Bertz CT molecular complexity index is 286. The molecule has 0 aromatic rings. The van der Waals surface area contributed by atoms with E-state index in [1.807, 2.05) is 0 Å². The van der Waals surface area contributed by atoms with Crippen molar-refractivity contribution in [1.29, 1.82) is 0 Å². The summed E-state index contributed by atoms with van der Waals surface area (Å²) in [6.45, 7) is 15.3. The molecule has 19 heavy (non-hydrogen) atoms. The monoisotopic (exact) mass is 265 g/mol. The summed E-state index contributed by atoms with van der Waals surface area (Å²) in [7, 11) is 0. The fourth-order valence-corrected chi connectivity index (χ4v) is 3.93. The molecule has 1 N–H and O–H groups in total. The third-order valence-electron chi connectivity index (χ3n) is 5.47. The lowest BCUT2D eigenvalue weighted by atomic mass is 9.69. The Morgan fingerprint density at radius 1 is 0.895 bits per heavy atom. The van der Waals surface area contributed by atoms with Gasteiger partial charge in [-0.05, 0) is 88.5 Å². The Morgan fingerprint density at radius 2 is 1.47 bits per heavy atom. The molecule has 2 saturated carbocycles. The van der Waals surface area contributed by atoms with Crippen molar-refractivity contribution in [2.75, 3.05) is 6.54 Å². The van der Waals surface area contributed by atoms with Crippen LogP contribution < -0.4 is 5.32 Å². The lowest BCUT2D eigenvalue weighted by Crippen LogP contribution is -2.37. The molecule has 1 heteroatoms. The Kier molecular flexibility index (Phi) is 4.35. The number of rotatable bonds is 3. The van der Waals surface area contributed by atoms with Crippen molar-refractivity contribution < 1.29 is 0 Å². The van der Waals surface area contributed by atoms with Crippen molar-refractivity contribution >= 4 is 0 Å². The summed E-state index contributed by atoms with van der Waals surface area (Å²) in [6, 6.07) is 0. The summed E-state index contributed by atoms with van der Waals surface area (Å²) >= 11 is 0. The van der Waals surface area contributed by atoms with E-state index in [9.17, 15) is 0 Å². The van der Waals surface area contributed by atoms with Crippen LogP contribution in [-0.4, -0.2) is 12.1 Å². The van der Waals surface area contributed by atoms with Gasteiger partial charge in [-0.25, -0.2) is 0 Å². The Balaban J connectivity index is 1.70. The fourth-order valence-electron chi connectivity index (χ4n) is 3.93. The van der Waals surface area contributed by atoms with E-state index in [4.69, 9.17) is 0 Å². The smallest absolute Gasteiger partial charge is 0.00966 e. The summed E-state index contributed by atoms with van der Waals surface area (Å²) in [5, 5.41) is 3.69. The van der Waals surface area contributed by atoms with Crippen LogP contribution in [0.4, 0.5) is 0 Å². The van der Waals surface area contributed by atoms with Crippen LogP contribution in [-0.2, 0) is 0 Å². The second kappa shape index (κ2) is 5.39. The molecule has 112 valence electrons. The molecule has 0 aliphatic heterocycles. The van der Waals surface area contributed by atoms with Gasteiger partial charge in [0.05, 0.1) is 0 Å². The lowest BCUT2D eigenvalue weighted by Gasteiger charge is -2.37. The van der Waals surface area contributed by atoms with Crippen molar-refractivity contribution in [3.8, 4) is 0 Å². The van der Waals surface area contributed by atoms with Crippen molar-refractivity contribution in [2.45, 2.75) is 79.2 Å². The van der Waals surface area contributed by atoms with E-state index >= 15 is 0 Å². The van der Waals surface area contributed by atoms with E-state index in [1.165, 1.54) is 38.6 Å². The van der Waals surface area contributed by atoms with Gasteiger partial charge < -0.3 is 5.32 Å². The first-order chi connectivity index (χ1) is 8.67. The maximum Gasteiger partial charge on any atom is 0.00966 e. The molecule has 2 aliphatic rings. The minimum atomic E-state index is 0.289. The number of hydrogen-bond donors (Lipinski definition) is 1. The third-order valence-corrected chi connectivity index (χ3v) is 5.47. The zero-order valence-electron chi connectivity index (χ0n) is 14.1. The van der Waals surface area contributed by atoms with Crippen molar-refractivity contribution in [3.63, 3.8) is 0 Å². The number of nitrogens with one attached hydrogen (secondary N) is 1. The van der Waals surface area contributed by atoms with E-state index in [2.05, 4.69) is 46.9 Å². The van der Waals surface area contributed by atoms with Crippen LogP contribution >= 0.6 is 0 Å². The first-order valence-corrected chi connectivity index (χ1v) is 8.42. The molecule has 0 bridgehead atoms. The van der Waals surface area contributed by atoms with Crippen molar-refractivity contribution in [2.24, 2.45) is 29.1 Å². The highest BCUT2D eigenvalue weighted by Gasteiger charge is 2.44. The second-order valence-corrected chi connectivity index (χ2v) is 9.27. The van der Waals surface area contributed by atoms with E-state index in [1.54, 1.807) is 0 Å². The highest BCUT2D eigenvalue weighted by Crippen LogP contribution is 2.51. The zero-order valence-corrected chi connectivity index (χ0v) is 14.1. The van der Waals surface area contributed by atoms with E-state index in [0.29, 0.717) is 5.41 Å². The molecular formula is C18H35N. The van der Waals surface area contributed by atoms with Gasteiger partial charge in [-0.15, -0.1) is 0 Å². The lowest BCUT2D eigenvalue weighted by molar-refractivity contribution is 0.139. The van der Waals surface area contributed by atoms with E-state index in [0.717, 1.165) is 23.7 Å². The molecule has 0 amide bonds.